The number of hydrogen-bond acceptors (Lipinski definition) is 5. The fraction of sp³-hybridized carbons (Fsp3) is 0.217. The Morgan fingerprint density at radius 3 is 2.19 bits per heavy atom. The predicted molar refractivity (Wildman–Crippen MR) is 128 cm³/mol. The molecule has 0 radical (unpaired) electrons. The second-order valence-electron chi connectivity index (χ2n) is 7.51. The van der Waals surface area contributed by atoms with Crippen LogP contribution in [0.15, 0.2) is 58.1 Å². The Morgan fingerprint density at radius 2 is 1.59 bits per heavy atom. The molecule has 32 heavy (non-hydrogen) atoms. The molecule has 0 aliphatic rings. The number of hydrogen-bond donors (Lipinski definition) is 3. The van der Waals surface area contributed by atoms with Gasteiger partial charge in [-0.3, -0.25) is 14.3 Å². The Morgan fingerprint density at radius 1 is 0.938 bits per heavy atom. The molecular formula is C23H25N3O4S2. The molecule has 0 atom stereocenters. The number of carbonyl (C=O) groups is 2. The van der Waals surface area contributed by atoms with Crippen LogP contribution in [0.4, 0.5) is 11.4 Å². The van der Waals surface area contributed by atoms with E-state index in [0.29, 0.717) is 11.3 Å². The van der Waals surface area contributed by atoms with Crippen molar-refractivity contribution in [1.29, 1.82) is 0 Å². The van der Waals surface area contributed by atoms with Gasteiger partial charge < -0.3 is 10.6 Å². The zero-order valence-corrected chi connectivity index (χ0v) is 19.7. The lowest BCUT2D eigenvalue weighted by atomic mass is 10.1. The van der Waals surface area contributed by atoms with Crippen LogP contribution in [-0.2, 0) is 26.0 Å². The van der Waals surface area contributed by atoms with Crippen LogP contribution in [0.3, 0.4) is 0 Å². The van der Waals surface area contributed by atoms with Crippen LogP contribution in [0.2, 0.25) is 0 Å². The van der Waals surface area contributed by atoms with Gasteiger partial charge in [-0.15, -0.1) is 11.3 Å². The van der Waals surface area contributed by atoms with Crippen molar-refractivity contribution in [2.75, 3.05) is 16.6 Å². The second-order valence-corrected chi connectivity index (χ2v) is 10.4. The Balaban J connectivity index is 1.50. The SMILES string of the molecule is Cc1cc(C)c(NC(=O)CNC(=O)Cc2ccc(NS(=O)(=O)c3cccs3)cc2)c(C)c1. The molecular weight excluding hydrogens is 446 g/mol. The average Bonchev–Trinajstić information content (AvgIpc) is 3.26. The number of sulfonamides is 1. The maximum Gasteiger partial charge on any atom is 0.271 e. The van der Waals surface area contributed by atoms with Gasteiger partial charge >= 0.3 is 0 Å². The van der Waals surface area contributed by atoms with Crippen LogP contribution in [0.25, 0.3) is 0 Å². The topological polar surface area (TPSA) is 104 Å². The molecule has 3 N–H and O–H groups in total. The number of carbonyl (C=O) groups excluding carboxylic acids is 2. The lowest BCUT2D eigenvalue weighted by molar-refractivity contribution is -0.123. The fourth-order valence-electron chi connectivity index (χ4n) is 3.30. The summed E-state index contributed by atoms with van der Waals surface area (Å²) in [5.74, 6) is -0.601. The van der Waals surface area contributed by atoms with Gasteiger partial charge in [0.2, 0.25) is 11.8 Å². The van der Waals surface area contributed by atoms with E-state index in [9.17, 15) is 18.0 Å². The monoisotopic (exact) mass is 471 g/mol. The minimum absolute atomic E-state index is 0.0772. The first-order valence-electron chi connectivity index (χ1n) is 9.94. The maximum atomic E-state index is 12.3. The fourth-order valence-corrected chi connectivity index (χ4v) is 5.35. The third-order valence-electron chi connectivity index (χ3n) is 4.72. The molecule has 0 fully saturated rings. The lowest BCUT2D eigenvalue weighted by Gasteiger charge is -2.13. The van der Waals surface area contributed by atoms with Gasteiger partial charge in [0.1, 0.15) is 4.21 Å². The minimum atomic E-state index is -3.61. The summed E-state index contributed by atoms with van der Waals surface area (Å²) >= 11 is 1.13. The van der Waals surface area contributed by atoms with Crippen molar-refractivity contribution in [2.24, 2.45) is 0 Å². The maximum absolute atomic E-state index is 12.3. The molecule has 0 saturated carbocycles. The third kappa shape index (κ3) is 6.18. The first-order valence-corrected chi connectivity index (χ1v) is 12.3. The van der Waals surface area contributed by atoms with E-state index in [1.54, 1.807) is 35.7 Å². The molecule has 2 amide bonds. The van der Waals surface area contributed by atoms with E-state index >= 15 is 0 Å². The summed E-state index contributed by atoms with van der Waals surface area (Å²) < 4.78 is 27.3. The molecule has 168 valence electrons. The van der Waals surface area contributed by atoms with E-state index in [0.717, 1.165) is 33.7 Å². The van der Waals surface area contributed by atoms with Gasteiger partial charge in [0.05, 0.1) is 13.0 Å². The molecule has 0 aliphatic carbocycles. The average molecular weight is 472 g/mol. The zero-order chi connectivity index (χ0) is 23.3. The van der Waals surface area contributed by atoms with Crippen LogP contribution in [-0.4, -0.2) is 26.8 Å². The molecule has 0 saturated heterocycles. The predicted octanol–water partition coefficient (Wildman–Crippen LogP) is 3.77. The standard InChI is InChI=1S/C23H25N3O4S2/c1-15-11-16(2)23(17(3)12-15)25-21(28)14-24-20(27)13-18-6-8-19(9-7-18)26-32(29,30)22-5-4-10-31-22/h4-12,26H,13-14H2,1-3H3,(H,24,27)(H,25,28). The van der Waals surface area contributed by atoms with Crippen LogP contribution in [0, 0.1) is 20.8 Å². The van der Waals surface area contributed by atoms with Gasteiger partial charge in [0.25, 0.3) is 10.0 Å². The Kier molecular flexibility index (Phi) is 7.32. The van der Waals surface area contributed by atoms with E-state index in [2.05, 4.69) is 15.4 Å². The molecule has 1 heterocycles. The number of nitrogens with one attached hydrogen (secondary N) is 3. The summed E-state index contributed by atoms with van der Waals surface area (Å²) in [7, 11) is -3.61. The number of aryl methyl sites for hydroxylation is 3. The van der Waals surface area contributed by atoms with Crippen LogP contribution in [0.5, 0.6) is 0 Å². The summed E-state index contributed by atoms with van der Waals surface area (Å²) in [6.45, 7) is 5.72. The van der Waals surface area contributed by atoms with E-state index in [1.165, 1.54) is 6.07 Å². The molecule has 3 aromatic rings. The van der Waals surface area contributed by atoms with Gasteiger partial charge in [0, 0.05) is 11.4 Å². The van der Waals surface area contributed by atoms with Crippen molar-refractivity contribution in [3.63, 3.8) is 0 Å². The Labute approximate surface area is 191 Å². The highest BCUT2D eigenvalue weighted by atomic mass is 32.2. The molecule has 1 aromatic heterocycles. The molecule has 0 bridgehead atoms. The molecule has 3 rings (SSSR count). The molecule has 0 aliphatic heterocycles. The van der Waals surface area contributed by atoms with E-state index in [-0.39, 0.29) is 29.0 Å². The lowest BCUT2D eigenvalue weighted by Crippen LogP contribution is -2.34. The molecule has 0 spiro atoms. The number of benzene rings is 2. The van der Waals surface area contributed by atoms with Gasteiger partial charge in [-0.25, -0.2) is 8.42 Å². The minimum Gasteiger partial charge on any atom is -0.347 e. The largest absolute Gasteiger partial charge is 0.347 e. The van der Waals surface area contributed by atoms with E-state index in [4.69, 9.17) is 0 Å². The van der Waals surface area contributed by atoms with Crippen molar-refractivity contribution in [2.45, 2.75) is 31.4 Å². The third-order valence-corrected chi connectivity index (χ3v) is 7.50. The summed E-state index contributed by atoms with van der Waals surface area (Å²) in [6, 6.07) is 13.7. The Bertz CT molecular complexity index is 1200. The summed E-state index contributed by atoms with van der Waals surface area (Å²) in [5.41, 5.74) is 4.93. The highest BCUT2D eigenvalue weighted by Gasteiger charge is 2.15. The van der Waals surface area contributed by atoms with Gasteiger partial charge in [0.15, 0.2) is 0 Å². The van der Waals surface area contributed by atoms with E-state index < -0.39 is 10.0 Å². The number of rotatable bonds is 8. The summed E-state index contributed by atoms with van der Waals surface area (Å²) in [4.78, 5) is 24.5. The first kappa shape index (κ1) is 23.5. The Hall–Kier alpha value is -3.17. The van der Waals surface area contributed by atoms with Gasteiger partial charge in [-0.05, 0) is 61.0 Å². The van der Waals surface area contributed by atoms with Crippen LogP contribution >= 0.6 is 11.3 Å². The van der Waals surface area contributed by atoms with Gasteiger partial charge in [-0.1, -0.05) is 35.9 Å². The highest BCUT2D eigenvalue weighted by molar-refractivity contribution is 7.94. The molecule has 2 aromatic carbocycles. The molecule has 9 heteroatoms. The normalized spacial score (nSPS) is 11.1. The number of thiophene rings is 1. The second kappa shape index (κ2) is 9.97. The van der Waals surface area contributed by atoms with Crippen molar-refractivity contribution >= 4 is 44.5 Å². The van der Waals surface area contributed by atoms with Crippen molar-refractivity contribution in [3.8, 4) is 0 Å². The smallest absolute Gasteiger partial charge is 0.271 e. The zero-order valence-electron chi connectivity index (χ0n) is 18.1. The highest BCUT2D eigenvalue weighted by Crippen LogP contribution is 2.22. The van der Waals surface area contributed by atoms with Gasteiger partial charge in [-0.2, -0.15) is 0 Å². The number of amides is 2. The van der Waals surface area contributed by atoms with Crippen LogP contribution < -0.4 is 15.4 Å². The number of anilines is 2. The quantitative estimate of drug-likeness (QED) is 0.465. The van der Waals surface area contributed by atoms with E-state index in [1.807, 2.05) is 32.9 Å². The van der Waals surface area contributed by atoms with Crippen molar-refractivity contribution in [3.05, 3.63) is 76.2 Å². The molecule has 7 nitrogen and oxygen atoms in total. The van der Waals surface area contributed by atoms with Crippen molar-refractivity contribution < 1.29 is 18.0 Å². The first-order chi connectivity index (χ1) is 15.1. The summed E-state index contributed by atoms with van der Waals surface area (Å²) in [5, 5.41) is 7.15. The van der Waals surface area contributed by atoms with Crippen molar-refractivity contribution in [1.82, 2.24) is 5.32 Å². The molecule has 0 unspecified atom stereocenters. The van der Waals surface area contributed by atoms with Crippen LogP contribution in [0.1, 0.15) is 22.3 Å². The summed E-state index contributed by atoms with van der Waals surface area (Å²) in [6.07, 6.45) is 0.0772.